The highest BCUT2D eigenvalue weighted by atomic mass is 35.5. The maximum atomic E-state index is 12.4. The SMILES string of the molecule is N#Cc1ccccc1NC(=O)CCn1cnc2ccc(Cl)cc2c1=O. The summed E-state index contributed by atoms with van der Waals surface area (Å²) in [7, 11) is 0. The number of nitrogens with zero attached hydrogens (tertiary/aromatic N) is 3. The summed E-state index contributed by atoms with van der Waals surface area (Å²) in [6.45, 7) is 0.175. The van der Waals surface area contributed by atoms with Crippen molar-refractivity contribution in [3.05, 3.63) is 69.7 Å². The highest BCUT2D eigenvalue weighted by Crippen LogP contribution is 2.15. The second kappa shape index (κ2) is 7.16. The molecule has 1 N–H and O–H groups in total. The summed E-state index contributed by atoms with van der Waals surface area (Å²) in [5.74, 6) is -0.291. The molecule has 1 amide bonds. The van der Waals surface area contributed by atoms with Crippen molar-refractivity contribution in [1.29, 1.82) is 5.26 Å². The maximum absolute atomic E-state index is 12.4. The molecule has 0 unspecified atom stereocenters. The van der Waals surface area contributed by atoms with E-state index in [2.05, 4.69) is 10.3 Å². The normalized spacial score (nSPS) is 10.4. The van der Waals surface area contributed by atoms with Crippen molar-refractivity contribution in [2.24, 2.45) is 0 Å². The van der Waals surface area contributed by atoms with Crippen LogP contribution in [0, 0.1) is 11.3 Å². The number of nitrogens with one attached hydrogen (secondary N) is 1. The molecule has 0 saturated heterocycles. The van der Waals surface area contributed by atoms with Crippen molar-refractivity contribution >= 4 is 34.1 Å². The molecule has 25 heavy (non-hydrogen) atoms. The lowest BCUT2D eigenvalue weighted by atomic mass is 10.2. The fourth-order valence-corrected chi connectivity index (χ4v) is 2.59. The Kier molecular flexibility index (Phi) is 4.78. The summed E-state index contributed by atoms with van der Waals surface area (Å²) in [6, 6.07) is 13.7. The highest BCUT2D eigenvalue weighted by molar-refractivity contribution is 6.31. The van der Waals surface area contributed by atoms with Crippen LogP contribution in [0.2, 0.25) is 5.02 Å². The third-order valence-corrected chi connectivity index (χ3v) is 3.92. The molecule has 3 rings (SSSR count). The van der Waals surface area contributed by atoms with Crippen LogP contribution in [0.1, 0.15) is 12.0 Å². The quantitative estimate of drug-likeness (QED) is 0.781. The van der Waals surface area contributed by atoms with Gasteiger partial charge in [-0.3, -0.25) is 14.2 Å². The number of nitriles is 1. The number of fused-ring (bicyclic) bond motifs is 1. The molecular formula is C18H13ClN4O2. The van der Waals surface area contributed by atoms with Crippen LogP contribution in [-0.2, 0) is 11.3 Å². The van der Waals surface area contributed by atoms with Gasteiger partial charge in [0, 0.05) is 18.0 Å². The molecule has 7 heteroatoms. The Hall–Kier alpha value is -3.17. The first-order valence-corrected chi connectivity index (χ1v) is 7.90. The number of amides is 1. The van der Waals surface area contributed by atoms with Gasteiger partial charge in [0.2, 0.25) is 5.91 Å². The molecular weight excluding hydrogens is 340 g/mol. The average molecular weight is 353 g/mol. The molecule has 0 saturated carbocycles. The molecule has 3 aromatic rings. The van der Waals surface area contributed by atoms with E-state index in [1.54, 1.807) is 42.5 Å². The summed E-state index contributed by atoms with van der Waals surface area (Å²) >= 11 is 5.92. The third-order valence-electron chi connectivity index (χ3n) is 3.69. The molecule has 0 bridgehead atoms. The van der Waals surface area contributed by atoms with Gasteiger partial charge in [-0.15, -0.1) is 0 Å². The topological polar surface area (TPSA) is 87.8 Å². The van der Waals surface area contributed by atoms with E-state index in [4.69, 9.17) is 16.9 Å². The van der Waals surface area contributed by atoms with Crippen molar-refractivity contribution in [1.82, 2.24) is 9.55 Å². The van der Waals surface area contributed by atoms with Gasteiger partial charge < -0.3 is 5.32 Å². The number of anilines is 1. The predicted octanol–water partition coefficient (Wildman–Crippen LogP) is 2.95. The van der Waals surface area contributed by atoms with E-state index in [1.165, 1.54) is 10.9 Å². The standard InChI is InChI=1S/C18H13ClN4O2/c19-13-5-6-16-14(9-13)18(25)23(11-21-16)8-7-17(24)22-15-4-2-1-3-12(15)10-20/h1-6,9,11H,7-8H2,(H,22,24). The van der Waals surface area contributed by atoms with Crippen LogP contribution < -0.4 is 10.9 Å². The first-order valence-electron chi connectivity index (χ1n) is 7.52. The van der Waals surface area contributed by atoms with Gasteiger partial charge in [-0.2, -0.15) is 5.26 Å². The predicted molar refractivity (Wildman–Crippen MR) is 95.4 cm³/mol. The van der Waals surface area contributed by atoms with E-state index in [-0.39, 0.29) is 24.4 Å². The van der Waals surface area contributed by atoms with E-state index in [1.807, 2.05) is 6.07 Å². The first-order chi connectivity index (χ1) is 12.1. The summed E-state index contributed by atoms with van der Waals surface area (Å²) in [6.07, 6.45) is 1.49. The van der Waals surface area contributed by atoms with Crippen LogP contribution in [0.5, 0.6) is 0 Å². The van der Waals surface area contributed by atoms with E-state index in [0.29, 0.717) is 27.2 Å². The fourth-order valence-electron chi connectivity index (χ4n) is 2.41. The fraction of sp³-hybridized carbons (Fsp3) is 0.111. The largest absolute Gasteiger partial charge is 0.325 e. The van der Waals surface area contributed by atoms with Crippen molar-refractivity contribution in [2.45, 2.75) is 13.0 Å². The lowest BCUT2D eigenvalue weighted by Gasteiger charge is -2.09. The number of hydrogen-bond donors (Lipinski definition) is 1. The maximum Gasteiger partial charge on any atom is 0.261 e. The van der Waals surface area contributed by atoms with Crippen LogP contribution in [0.4, 0.5) is 5.69 Å². The second-order valence-corrected chi connectivity index (χ2v) is 5.80. The number of benzene rings is 2. The van der Waals surface area contributed by atoms with Crippen molar-refractivity contribution in [3.63, 3.8) is 0 Å². The van der Waals surface area contributed by atoms with E-state index in [9.17, 15) is 9.59 Å². The Balaban J connectivity index is 1.74. The Bertz CT molecular complexity index is 1050. The second-order valence-electron chi connectivity index (χ2n) is 5.36. The molecule has 0 spiro atoms. The van der Waals surface area contributed by atoms with Crippen molar-refractivity contribution < 1.29 is 4.79 Å². The summed E-state index contributed by atoms with van der Waals surface area (Å²) in [5, 5.41) is 12.6. The van der Waals surface area contributed by atoms with Crippen molar-refractivity contribution in [2.75, 3.05) is 5.32 Å². The average Bonchev–Trinajstić information content (AvgIpc) is 2.62. The number of rotatable bonds is 4. The monoisotopic (exact) mass is 352 g/mol. The van der Waals surface area contributed by atoms with Gasteiger partial charge in [-0.05, 0) is 30.3 Å². The Morgan fingerprint density at radius 3 is 2.88 bits per heavy atom. The lowest BCUT2D eigenvalue weighted by molar-refractivity contribution is -0.116. The number of aromatic nitrogens is 2. The molecule has 0 aliphatic heterocycles. The van der Waals surface area contributed by atoms with E-state index in [0.717, 1.165) is 0 Å². The van der Waals surface area contributed by atoms with Gasteiger partial charge in [0.15, 0.2) is 0 Å². The molecule has 0 aliphatic carbocycles. The van der Waals surface area contributed by atoms with Crippen LogP contribution in [0.15, 0.2) is 53.6 Å². The van der Waals surface area contributed by atoms with Gasteiger partial charge >= 0.3 is 0 Å². The molecule has 0 fully saturated rings. The van der Waals surface area contributed by atoms with E-state index >= 15 is 0 Å². The zero-order valence-electron chi connectivity index (χ0n) is 13.1. The van der Waals surface area contributed by atoms with Gasteiger partial charge in [-0.25, -0.2) is 4.98 Å². The molecule has 0 aliphatic rings. The third kappa shape index (κ3) is 3.67. The minimum absolute atomic E-state index is 0.0768. The Morgan fingerprint density at radius 2 is 2.08 bits per heavy atom. The van der Waals surface area contributed by atoms with Crippen LogP contribution >= 0.6 is 11.6 Å². The van der Waals surface area contributed by atoms with Crippen LogP contribution in [-0.4, -0.2) is 15.5 Å². The molecule has 2 aromatic carbocycles. The van der Waals surface area contributed by atoms with Crippen LogP contribution in [0.25, 0.3) is 10.9 Å². The smallest absolute Gasteiger partial charge is 0.261 e. The van der Waals surface area contributed by atoms with Crippen LogP contribution in [0.3, 0.4) is 0 Å². The highest BCUT2D eigenvalue weighted by Gasteiger charge is 2.09. The number of carbonyl (C=O) groups is 1. The first kappa shape index (κ1) is 16.7. The number of halogens is 1. The van der Waals surface area contributed by atoms with Gasteiger partial charge in [0.05, 0.1) is 28.5 Å². The summed E-state index contributed by atoms with van der Waals surface area (Å²) < 4.78 is 1.37. The van der Waals surface area contributed by atoms with Gasteiger partial charge in [0.1, 0.15) is 6.07 Å². The zero-order valence-corrected chi connectivity index (χ0v) is 13.8. The Morgan fingerprint density at radius 1 is 1.28 bits per heavy atom. The summed E-state index contributed by atoms with van der Waals surface area (Å²) in [5.41, 5.74) is 1.14. The summed E-state index contributed by atoms with van der Waals surface area (Å²) in [4.78, 5) is 28.7. The zero-order chi connectivity index (χ0) is 17.8. The number of carbonyl (C=O) groups excluding carboxylic acids is 1. The lowest BCUT2D eigenvalue weighted by Crippen LogP contribution is -2.23. The minimum Gasteiger partial charge on any atom is -0.325 e. The molecule has 124 valence electrons. The molecule has 0 radical (unpaired) electrons. The van der Waals surface area contributed by atoms with Crippen molar-refractivity contribution in [3.8, 4) is 6.07 Å². The molecule has 6 nitrogen and oxygen atoms in total. The molecule has 1 heterocycles. The number of para-hydroxylation sites is 1. The van der Waals surface area contributed by atoms with E-state index < -0.39 is 0 Å². The van der Waals surface area contributed by atoms with Gasteiger partial charge in [0.25, 0.3) is 5.56 Å². The Labute approximate surface area is 148 Å². The molecule has 1 aromatic heterocycles. The number of hydrogen-bond acceptors (Lipinski definition) is 4. The van der Waals surface area contributed by atoms with Gasteiger partial charge in [-0.1, -0.05) is 23.7 Å². The number of aryl methyl sites for hydroxylation is 1. The molecule has 0 atom stereocenters. The minimum atomic E-state index is -0.291.